The molecule has 0 fully saturated rings. The molecule has 2 N–H and O–H groups in total. The molecule has 1 amide bonds. The third-order valence-corrected chi connectivity index (χ3v) is 4.16. The van der Waals surface area contributed by atoms with E-state index < -0.39 is 0 Å². The maximum atomic E-state index is 11.6. The van der Waals surface area contributed by atoms with E-state index in [0.717, 1.165) is 30.3 Å². The summed E-state index contributed by atoms with van der Waals surface area (Å²) in [6.07, 6.45) is 1.00. The van der Waals surface area contributed by atoms with Crippen molar-refractivity contribution in [3.63, 3.8) is 0 Å². The van der Waals surface area contributed by atoms with Crippen molar-refractivity contribution < 1.29 is 4.79 Å². The van der Waals surface area contributed by atoms with E-state index in [0.29, 0.717) is 5.96 Å². The highest BCUT2D eigenvalue weighted by Crippen LogP contribution is 2.19. The fraction of sp³-hybridized carbons (Fsp3) is 0.500. The Morgan fingerprint density at radius 2 is 1.87 bits per heavy atom. The molecule has 7 heteroatoms. The van der Waals surface area contributed by atoms with Gasteiger partial charge >= 0.3 is 0 Å². The summed E-state index contributed by atoms with van der Waals surface area (Å²) in [5.41, 5.74) is 0. The zero-order chi connectivity index (χ0) is 17.1. The number of halogens is 1. The van der Waals surface area contributed by atoms with Crippen LogP contribution in [0, 0.1) is 0 Å². The lowest BCUT2D eigenvalue weighted by Gasteiger charge is -2.13. The predicted octanol–water partition coefficient (Wildman–Crippen LogP) is 2.47. The van der Waals surface area contributed by atoms with Crippen molar-refractivity contribution in [2.75, 3.05) is 39.5 Å². The second-order valence-electron chi connectivity index (χ2n) is 5.11. The molecule has 128 valence electrons. The molecule has 5 nitrogen and oxygen atoms in total. The van der Waals surface area contributed by atoms with Crippen LogP contribution in [-0.2, 0) is 4.79 Å². The van der Waals surface area contributed by atoms with E-state index in [1.54, 1.807) is 25.9 Å². The molecule has 0 atom stereocenters. The highest BCUT2D eigenvalue weighted by molar-refractivity contribution is 7.99. The quantitative estimate of drug-likeness (QED) is 0.325. The van der Waals surface area contributed by atoms with Crippen molar-refractivity contribution in [3.8, 4) is 0 Å². The third kappa shape index (κ3) is 8.71. The lowest BCUT2D eigenvalue weighted by molar-refractivity contribution is -0.127. The molecule has 0 aromatic heterocycles. The van der Waals surface area contributed by atoms with Gasteiger partial charge in [-0.15, -0.1) is 11.8 Å². The van der Waals surface area contributed by atoms with Crippen LogP contribution >= 0.6 is 23.4 Å². The molecule has 0 heterocycles. The highest BCUT2D eigenvalue weighted by atomic mass is 35.5. The number of benzene rings is 1. The van der Waals surface area contributed by atoms with Gasteiger partial charge < -0.3 is 15.5 Å². The average molecular weight is 357 g/mol. The Bertz CT molecular complexity index is 505. The molecule has 0 saturated carbocycles. The van der Waals surface area contributed by atoms with Crippen molar-refractivity contribution in [2.24, 2.45) is 4.99 Å². The number of carbonyl (C=O) groups is 1. The van der Waals surface area contributed by atoms with Crippen LogP contribution in [-0.4, -0.2) is 56.2 Å². The molecule has 0 radical (unpaired) electrons. The van der Waals surface area contributed by atoms with Crippen LogP contribution in [0.2, 0.25) is 5.02 Å². The monoisotopic (exact) mass is 356 g/mol. The minimum absolute atomic E-state index is 0.0156. The van der Waals surface area contributed by atoms with E-state index in [1.165, 1.54) is 9.80 Å². The van der Waals surface area contributed by atoms with Crippen LogP contribution in [0.5, 0.6) is 0 Å². The summed E-state index contributed by atoms with van der Waals surface area (Å²) in [4.78, 5) is 18.6. The van der Waals surface area contributed by atoms with Gasteiger partial charge in [0.25, 0.3) is 0 Å². The minimum atomic E-state index is -0.0156. The van der Waals surface area contributed by atoms with Crippen LogP contribution < -0.4 is 10.6 Å². The Morgan fingerprint density at radius 3 is 2.48 bits per heavy atom. The Kier molecular flexibility index (Phi) is 9.55. The zero-order valence-electron chi connectivity index (χ0n) is 13.9. The Labute approximate surface area is 147 Å². The highest BCUT2D eigenvalue weighted by Gasteiger charge is 2.04. The number of aliphatic imine (C=N–C) groups is 1. The molecule has 23 heavy (non-hydrogen) atoms. The van der Waals surface area contributed by atoms with Crippen molar-refractivity contribution in [1.29, 1.82) is 0 Å². The molecule has 1 aromatic rings. The minimum Gasteiger partial charge on any atom is -0.356 e. The fourth-order valence-corrected chi connectivity index (χ4v) is 2.47. The molecule has 0 aliphatic heterocycles. The van der Waals surface area contributed by atoms with E-state index >= 15 is 0 Å². The number of hydrogen-bond acceptors (Lipinski definition) is 3. The maximum absolute atomic E-state index is 11.6. The first-order valence-electron chi connectivity index (χ1n) is 7.63. The molecule has 0 bridgehead atoms. The molecular weight excluding hydrogens is 332 g/mol. The maximum Gasteiger partial charge on any atom is 0.243 e. The summed E-state index contributed by atoms with van der Waals surface area (Å²) in [5.74, 6) is 1.56. The number of thioether (sulfide) groups is 1. The normalized spacial score (nSPS) is 11.2. The molecule has 0 saturated heterocycles. The van der Waals surface area contributed by atoms with Crippen molar-refractivity contribution in [3.05, 3.63) is 29.3 Å². The average Bonchev–Trinajstić information content (AvgIpc) is 2.54. The number of nitrogens with zero attached hydrogens (tertiary/aromatic N) is 2. The fourth-order valence-electron chi connectivity index (χ4n) is 1.57. The molecule has 0 aliphatic rings. The van der Waals surface area contributed by atoms with Gasteiger partial charge in [-0.25, -0.2) is 4.99 Å². The van der Waals surface area contributed by atoms with Gasteiger partial charge in [0.2, 0.25) is 5.91 Å². The second-order valence-corrected chi connectivity index (χ2v) is 6.71. The molecule has 1 aromatic carbocycles. The number of carbonyl (C=O) groups excluding carboxylic acids is 1. The van der Waals surface area contributed by atoms with Gasteiger partial charge in [0.1, 0.15) is 6.54 Å². The van der Waals surface area contributed by atoms with Gasteiger partial charge in [-0.2, -0.15) is 0 Å². The molecular formula is C16H25ClN4OS. The number of likely N-dealkylation sites (N-methyl/N-ethyl adjacent to an activating group) is 1. The first-order valence-corrected chi connectivity index (χ1v) is 9.00. The number of nitrogens with one attached hydrogen (secondary N) is 2. The summed E-state index contributed by atoms with van der Waals surface area (Å²) in [6, 6.07) is 7.79. The molecule has 0 unspecified atom stereocenters. The standard InChI is InChI=1S/C16H25ClN4OS/c1-4-9-18-16(20-12-15(22)21(2)3)19-10-11-23-14-7-5-13(17)6-8-14/h5-8H,4,9-12H2,1-3H3,(H2,18,19,20). The van der Waals surface area contributed by atoms with E-state index in [1.807, 2.05) is 24.3 Å². The van der Waals surface area contributed by atoms with Crippen LogP contribution in [0.1, 0.15) is 13.3 Å². The Morgan fingerprint density at radius 1 is 1.22 bits per heavy atom. The predicted molar refractivity (Wildman–Crippen MR) is 99.5 cm³/mol. The lowest BCUT2D eigenvalue weighted by atomic mass is 10.4. The molecule has 1 rings (SSSR count). The molecule has 0 aliphatic carbocycles. The summed E-state index contributed by atoms with van der Waals surface area (Å²) in [7, 11) is 3.46. The summed E-state index contributed by atoms with van der Waals surface area (Å²) < 4.78 is 0. The largest absolute Gasteiger partial charge is 0.356 e. The van der Waals surface area contributed by atoms with E-state index in [-0.39, 0.29) is 12.5 Å². The number of hydrogen-bond donors (Lipinski definition) is 2. The van der Waals surface area contributed by atoms with Gasteiger partial charge in [-0.1, -0.05) is 18.5 Å². The SMILES string of the molecule is CCCNC(=NCC(=O)N(C)C)NCCSc1ccc(Cl)cc1. The van der Waals surface area contributed by atoms with Gasteiger partial charge in [0, 0.05) is 42.9 Å². The topological polar surface area (TPSA) is 56.7 Å². The van der Waals surface area contributed by atoms with E-state index in [2.05, 4.69) is 22.5 Å². The summed E-state index contributed by atoms with van der Waals surface area (Å²) in [5, 5.41) is 7.21. The first kappa shape index (κ1) is 19.6. The van der Waals surface area contributed by atoms with Crippen LogP contribution in [0.3, 0.4) is 0 Å². The van der Waals surface area contributed by atoms with Gasteiger partial charge in [0.15, 0.2) is 5.96 Å². The third-order valence-electron chi connectivity index (χ3n) is 2.89. The van der Waals surface area contributed by atoms with E-state index in [4.69, 9.17) is 11.6 Å². The zero-order valence-corrected chi connectivity index (χ0v) is 15.5. The smallest absolute Gasteiger partial charge is 0.243 e. The number of guanidine groups is 1. The van der Waals surface area contributed by atoms with Gasteiger partial charge in [0.05, 0.1) is 0 Å². The van der Waals surface area contributed by atoms with Gasteiger partial charge in [-0.05, 0) is 30.7 Å². The van der Waals surface area contributed by atoms with Crippen LogP contribution in [0.4, 0.5) is 0 Å². The van der Waals surface area contributed by atoms with Gasteiger partial charge in [-0.3, -0.25) is 4.79 Å². The Hall–Kier alpha value is -1.40. The second kappa shape index (κ2) is 11.2. The molecule has 0 spiro atoms. The van der Waals surface area contributed by atoms with E-state index in [9.17, 15) is 4.79 Å². The summed E-state index contributed by atoms with van der Waals surface area (Å²) >= 11 is 7.61. The lowest BCUT2D eigenvalue weighted by Crippen LogP contribution is -2.39. The summed E-state index contributed by atoms with van der Waals surface area (Å²) in [6.45, 7) is 3.83. The first-order chi connectivity index (χ1) is 11.0. The number of rotatable bonds is 8. The van der Waals surface area contributed by atoms with Crippen molar-refractivity contribution in [2.45, 2.75) is 18.2 Å². The van der Waals surface area contributed by atoms with Crippen molar-refractivity contribution in [1.82, 2.24) is 15.5 Å². The van der Waals surface area contributed by atoms with Crippen molar-refractivity contribution >= 4 is 35.2 Å². The van der Waals surface area contributed by atoms with Crippen LogP contribution in [0.15, 0.2) is 34.2 Å². The number of amides is 1. The Balaban J connectivity index is 2.39. The van der Waals surface area contributed by atoms with Crippen LogP contribution in [0.25, 0.3) is 0 Å².